The van der Waals surface area contributed by atoms with Gasteiger partial charge < -0.3 is 17.7 Å². The molecular formula is C48H38Cl3F6N5O3. The highest BCUT2D eigenvalue weighted by Gasteiger charge is 2.49. The number of carbonyl (C=O) groups is 1. The van der Waals surface area contributed by atoms with Gasteiger partial charge in [-0.1, -0.05) is 104 Å². The first-order chi connectivity index (χ1) is 30.3. The molecule has 7 rings (SSSR count). The molecule has 0 fully saturated rings. The molecule has 1 atom stereocenters. The summed E-state index contributed by atoms with van der Waals surface area (Å²) in [6.07, 6.45) is -7.33. The fourth-order valence-corrected chi connectivity index (χ4v) is 8.01. The minimum atomic E-state index is -4.69. The van der Waals surface area contributed by atoms with Gasteiger partial charge in [0.1, 0.15) is 12.1 Å². The van der Waals surface area contributed by atoms with Crippen molar-refractivity contribution in [2.45, 2.75) is 50.7 Å². The van der Waals surface area contributed by atoms with Crippen LogP contribution in [0.2, 0.25) is 10.0 Å². The lowest BCUT2D eigenvalue weighted by atomic mass is 9.73. The minimum Gasteiger partial charge on any atom is -1.00 e. The Kier molecular flexibility index (Phi) is 14.5. The molecule has 0 spiro atoms. The summed E-state index contributed by atoms with van der Waals surface area (Å²) in [6, 6.07) is 34.1. The Balaban J connectivity index is 0.00000700. The average molecular weight is 953 g/mol. The van der Waals surface area contributed by atoms with Crippen LogP contribution in [0.5, 0.6) is 0 Å². The van der Waals surface area contributed by atoms with E-state index in [4.69, 9.17) is 28.4 Å². The average Bonchev–Trinajstić information content (AvgIpc) is 3.67. The van der Waals surface area contributed by atoms with Gasteiger partial charge in [0.2, 0.25) is 0 Å². The molecule has 336 valence electrons. The molecule has 0 radical (unpaired) electrons. The molecule has 0 unspecified atom stereocenters. The molecule has 0 saturated heterocycles. The van der Waals surface area contributed by atoms with Crippen molar-refractivity contribution in [2.24, 2.45) is 5.92 Å². The number of hydrogen-bond acceptors (Lipinski definition) is 4. The van der Waals surface area contributed by atoms with Gasteiger partial charge >= 0.3 is 12.4 Å². The fourth-order valence-electron chi connectivity index (χ4n) is 7.76. The molecule has 7 aromatic rings. The van der Waals surface area contributed by atoms with Gasteiger partial charge in [-0.05, 0) is 107 Å². The molecule has 1 heterocycles. The van der Waals surface area contributed by atoms with E-state index in [9.17, 15) is 41.3 Å². The van der Waals surface area contributed by atoms with Crippen LogP contribution in [0.25, 0.3) is 22.4 Å². The van der Waals surface area contributed by atoms with Gasteiger partial charge in [0, 0.05) is 33.3 Å². The second kappa shape index (κ2) is 19.5. The smallest absolute Gasteiger partial charge is 0.416 e. The SMILES string of the molecule is CC(C)C[C@H]([n+]1cc(-c2ccc(C(F)(F)F)cc2-c2ccccc2)n(Cc2ccc(C(F)(F)F)cc2)n1)C(NC(=O)c1ccc([N+](=O)[O-])cc1)(c1ccc(Cl)cc1)c1ccc(Cl)cc1.[Cl-]. The molecule has 0 aliphatic rings. The number of carbonyl (C=O) groups excluding carboxylic acids is 1. The second-order valence-corrected chi connectivity index (χ2v) is 16.5. The van der Waals surface area contributed by atoms with E-state index in [-0.39, 0.29) is 41.7 Å². The summed E-state index contributed by atoms with van der Waals surface area (Å²) in [6.45, 7) is 3.81. The number of nitrogens with zero attached hydrogens (tertiary/aromatic N) is 4. The van der Waals surface area contributed by atoms with Crippen LogP contribution < -0.4 is 22.4 Å². The van der Waals surface area contributed by atoms with Gasteiger partial charge in [-0.3, -0.25) is 14.9 Å². The van der Waals surface area contributed by atoms with Crippen LogP contribution in [-0.4, -0.2) is 20.7 Å². The largest absolute Gasteiger partial charge is 1.00 e. The third-order valence-electron chi connectivity index (χ3n) is 10.8. The highest BCUT2D eigenvalue weighted by Crippen LogP contribution is 2.43. The third-order valence-corrected chi connectivity index (χ3v) is 11.3. The number of nitro groups is 1. The Morgan fingerprint density at radius 3 is 1.75 bits per heavy atom. The Labute approximate surface area is 386 Å². The molecule has 17 heteroatoms. The van der Waals surface area contributed by atoms with Crippen LogP contribution >= 0.6 is 23.2 Å². The van der Waals surface area contributed by atoms with Crippen LogP contribution in [0, 0.1) is 16.0 Å². The van der Waals surface area contributed by atoms with Crippen molar-refractivity contribution in [1.29, 1.82) is 0 Å². The van der Waals surface area contributed by atoms with Crippen molar-refractivity contribution >= 4 is 34.8 Å². The maximum atomic E-state index is 14.7. The van der Waals surface area contributed by atoms with E-state index in [0.29, 0.717) is 50.0 Å². The zero-order chi connectivity index (χ0) is 46.0. The lowest BCUT2D eigenvalue weighted by Gasteiger charge is -2.40. The van der Waals surface area contributed by atoms with Gasteiger partial charge in [-0.2, -0.15) is 26.3 Å². The van der Waals surface area contributed by atoms with Gasteiger partial charge in [0.05, 0.1) is 21.3 Å². The summed E-state index contributed by atoms with van der Waals surface area (Å²) in [7, 11) is 0. The monoisotopic (exact) mass is 951 g/mol. The first-order valence-corrected chi connectivity index (χ1v) is 20.6. The molecule has 6 aromatic carbocycles. The van der Waals surface area contributed by atoms with Gasteiger partial charge in [-0.25, -0.2) is 0 Å². The number of non-ortho nitro benzene ring substituents is 1. The van der Waals surface area contributed by atoms with Crippen molar-refractivity contribution in [3.05, 3.63) is 205 Å². The molecule has 1 aromatic heterocycles. The van der Waals surface area contributed by atoms with Gasteiger partial charge in [-0.15, -0.1) is 9.36 Å². The number of alkyl halides is 6. The van der Waals surface area contributed by atoms with Crippen molar-refractivity contribution < 1.29 is 53.1 Å². The van der Waals surface area contributed by atoms with E-state index >= 15 is 0 Å². The zero-order valence-corrected chi connectivity index (χ0v) is 36.7. The fraction of sp³-hybridized carbons (Fsp3) is 0.188. The summed E-state index contributed by atoms with van der Waals surface area (Å²) in [5.74, 6) is -0.727. The molecule has 65 heavy (non-hydrogen) atoms. The number of amides is 1. The zero-order valence-electron chi connectivity index (χ0n) is 34.4. The lowest BCUT2D eigenvalue weighted by molar-refractivity contribution is -0.787. The molecule has 0 saturated carbocycles. The molecule has 0 aliphatic heterocycles. The number of nitro benzene ring substituents is 1. The number of halogens is 9. The van der Waals surface area contributed by atoms with Crippen LogP contribution in [0.1, 0.15) is 64.5 Å². The number of benzene rings is 6. The van der Waals surface area contributed by atoms with E-state index in [1.165, 1.54) is 47.1 Å². The van der Waals surface area contributed by atoms with Crippen molar-refractivity contribution in [3.63, 3.8) is 0 Å². The Morgan fingerprint density at radius 1 is 0.723 bits per heavy atom. The maximum Gasteiger partial charge on any atom is 0.416 e. The number of aromatic nitrogens is 3. The summed E-state index contributed by atoms with van der Waals surface area (Å²) in [5.41, 5.74) is -0.659. The third kappa shape index (κ3) is 10.7. The molecule has 1 N–H and O–H groups in total. The first kappa shape index (κ1) is 48.2. The van der Waals surface area contributed by atoms with Crippen LogP contribution in [-0.2, 0) is 24.4 Å². The predicted octanol–water partition coefficient (Wildman–Crippen LogP) is 9.77. The number of hydrogen-bond donors (Lipinski definition) is 1. The Hall–Kier alpha value is -6.22. The van der Waals surface area contributed by atoms with Crippen LogP contribution in [0.3, 0.4) is 0 Å². The normalized spacial score (nSPS) is 12.4. The van der Waals surface area contributed by atoms with E-state index in [1.807, 2.05) is 13.8 Å². The highest BCUT2D eigenvalue weighted by molar-refractivity contribution is 6.30. The first-order valence-electron chi connectivity index (χ1n) is 19.8. The summed E-state index contributed by atoms with van der Waals surface area (Å²) in [4.78, 5) is 25.6. The highest BCUT2D eigenvalue weighted by atomic mass is 35.5. The predicted molar refractivity (Wildman–Crippen MR) is 232 cm³/mol. The van der Waals surface area contributed by atoms with E-state index in [1.54, 1.807) is 89.7 Å². The van der Waals surface area contributed by atoms with Gasteiger partial charge in [0.25, 0.3) is 11.6 Å². The Morgan fingerprint density at radius 2 is 1.25 bits per heavy atom. The second-order valence-electron chi connectivity index (χ2n) is 15.6. The van der Waals surface area contributed by atoms with Crippen LogP contribution in [0.4, 0.5) is 32.0 Å². The maximum absolute atomic E-state index is 14.7. The van der Waals surface area contributed by atoms with E-state index in [0.717, 1.165) is 24.3 Å². The molecular weight excluding hydrogens is 915 g/mol. The molecule has 0 aliphatic carbocycles. The summed E-state index contributed by atoms with van der Waals surface area (Å²) >= 11 is 12.9. The minimum absolute atomic E-state index is 0. The lowest BCUT2D eigenvalue weighted by Crippen LogP contribution is -3.00. The standard InChI is InChI=1S/C48H37Cl2F6N5O3.ClH/c1-30(2)26-44(46(34-14-19-38(49)20-15-34,35-16-21-39(50)22-17-35)57-45(62)33-10-23-40(24-11-33)61(63)64)60-29-43(59(58-60)28-31-8-12-36(13-9-31)47(51,52)53)41-25-18-37(48(54,55)56)27-42(41)32-6-4-3-5-7-32;/h3-25,27,29-30,44H,26,28H2,1-2H3;1H/t44-;/m0./s1. The van der Waals surface area contributed by atoms with Crippen molar-refractivity contribution in [1.82, 2.24) is 15.2 Å². The Bertz CT molecular complexity index is 2720. The topological polar surface area (TPSA) is 93.9 Å². The summed E-state index contributed by atoms with van der Waals surface area (Å²) in [5, 5.41) is 20.7. The molecule has 1 amide bonds. The summed E-state index contributed by atoms with van der Waals surface area (Å²) < 4.78 is 87.1. The van der Waals surface area contributed by atoms with Crippen molar-refractivity contribution in [2.75, 3.05) is 0 Å². The quantitative estimate of drug-likeness (QED) is 0.0540. The molecule has 0 bridgehead atoms. The van der Waals surface area contributed by atoms with Gasteiger partial charge in [0.15, 0.2) is 17.9 Å². The van der Waals surface area contributed by atoms with E-state index < -0.39 is 45.9 Å². The van der Waals surface area contributed by atoms with E-state index in [2.05, 4.69) is 5.32 Å². The number of nitrogens with one attached hydrogen (secondary N) is 1. The number of rotatable bonds is 13. The molecule has 8 nitrogen and oxygen atoms in total. The van der Waals surface area contributed by atoms with Crippen LogP contribution in [0.15, 0.2) is 152 Å². The van der Waals surface area contributed by atoms with Crippen molar-refractivity contribution in [3.8, 4) is 22.4 Å².